The number of rotatable bonds is 1. The Morgan fingerprint density at radius 3 is 2.85 bits per heavy atom. The lowest BCUT2D eigenvalue weighted by Gasteiger charge is -2.05. The van der Waals surface area contributed by atoms with Crippen LogP contribution in [0.2, 0.25) is 4.34 Å². The molecule has 0 radical (unpaired) electrons. The molecule has 1 saturated heterocycles. The summed E-state index contributed by atoms with van der Waals surface area (Å²) in [6, 6.07) is 4.03. The molecule has 1 aromatic heterocycles. The molecule has 1 aliphatic rings. The van der Waals surface area contributed by atoms with Crippen LogP contribution in [0.15, 0.2) is 12.1 Å². The maximum absolute atomic E-state index is 11.2. The molecule has 70 valence electrons. The van der Waals surface area contributed by atoms with Crippen molar-refractivity contribution in [1.29, 1.82) is 0 Å². The van der Waals surface area contributed by atoms with Crippen molar-refractivity contribution < 1.29 is 4.79 Å². The predicted octanol–water partition coefficient (Wildman–Crippen LogP) is 2.60. The highest BCUT2D eigenvalue weighted by Crippen LogP contribution is 2.33. The highest BCUT2D eigenvalue weighted by atomic mass is 35.5. The largest absolute Gasteiger partial charge is 0.348 e. The van der Waals surface area contributed by atoms with Crippen molar-refractivity contribution in [2.45, 2.75) is 19.4 Å². The van der Waals surface area contributed by atoms with Crippen LogP contribution in [0.5, 0.6) is 0 Å². The molecule has 1 aromatic rings. The lowest BCUT2D eigenvalue weighted by atomic mass is 10.1. The minimum absolute atomic E-state index is 0.130. The third-order valence-electron chi connectivity index (χ3n) is 2.29. The van der Waals surface area contributed by atoms with E-state index in [0.717, 1.165) is 15.6 Å². The third-order valence-corrected chi connectivity index (χ3v) is 3.64. The van der Waals surface area contributed by atoms with Gasteiger partial charge in [-0.05, 0) is 18.6 Å². The summed E-state index contributed by atoms with van der Waals surface area (Å²) in [6.45, 7) is 1.95. The Kier molecular flexibility index (Phi) is 2.30. The first-order valence-electron chi connectivity index (χ1n) is 4.22. The van der Waals surface area contributed by atoms with E-state index in [1.807, 2.05) is 19.1 Å². The van der Waals surface area contributed by atoms with Gasteiger partial charge >= 0.3 is 0 Å². The standard InChI is InChI=1S/C9H10ClNOS/c1-5-4-6(11-9(5)12)7-2-3-8(10)13-7/h2-3,5-6H,4H2,1H3,(H,11,12)/t5-,6?/m0/s1. The van der Waals surface area contributed by atoms with Crippen LogP contribution in [0.1, 0.15) is 24.3 Å². The molecule has 1 N–H and O–H groups in total. The van der Waals surface area contributed by atoms with Gasteiger partial charge in [0.1, 0.15) is 0 Å². The number of hydrogen-bond acceptors (Lipinski definition) is 2. The summed E-state index contributed by atoms with van der Waals surface area (Å²) >= 11 is 7.36. The molecule has 2 nitrogen and oxygen atoms in total. The molecule has 0 saturated carbocycles. The van der Waals surface area contributed by atoms with Gasteiger partial charge in [0.25, 0.3) is 0 Å². The Bertz CT molecular complexity index is 336. The van der Waals surface area contributed by atoms with Gasteiger partial charge in [-0.3, -0.25) is 4.79 Å². The van der Waals surface area contributed by atoms with Gasteiger partial charge in [0.2, 0.25) is 5.91 Å². The SMILES string of the molecule is C[C@H]1CC(c2ccc(Cl)s2)NC1=O. The van der Waals surface area contributed by atoms with Crippen LogP contribution in [0.25, 0.3) is 0 Å². The summed E-state index contributed by atoms with van der Waals surface area (Å²) in [5.74, 6) is 0.278. The van der Waals surface area contributed by atoms with Crippen molar-refractivity contribution in [1.82, 2.24) is 5.32 Å². The summed E-state index contributed by atoms with van der Waals surface area (Å²) in [5, 5.41) is 2.95. The minimum atomic E-state index is 0.130. The van der Waals surface area contributed by atoms with E-state index in [1.165, 1.54) is 11.3 Å². The maximum Gasteiger partial charge on any atom is 0.223 e. The van der Waals surface area contributed by atoms with Crippen LogP contribution in [0.4, 0.5) is 0 Å². The predicted molar refractivity (Wildman–Crippen MR) is 54.0 cm³/mol. The Balaban J connectivity index is 2.16. The summed E-state index contributed by atoms with van der Waals surface area (Å²) in [5.41, 5.74) is 0. The first kappa shape index (κ1) is 9.03. The first-order valence-corrected chi connectivity index (χ1v) is 5.42. The van der Waals surface area contributed by atoms with E-state index in [0.29, 0.717) is 0 Å². The summed E-state index contributed by atoms with van der Waals surface area (Å²) < 4.78 is 0.781. The zero-order valence-electron chi connectivity index (χ0n) is 7.21. The number of halogens is 1. The first-order chi connectivity index (χ1) is 6.16. The topological polar surface area (TPSA) is 29.1 Å². The molecule has 4 heteroatoms. The molecule has 1 fully saturated rings. The Labute approximate surface area is 85.9 Å². The number of hydrogen-bond donors (Lipinski definition) is 1. The highest BCUT2D eigenvalue weighted by molar-refractivity contribution is 7.16. The van der Waals surface area contributed by atoms with Crippen molar-refractivity contribution in [2.24, 2.45) is 5.92 Å². The van der Waals surface area contributed by atoms with Gasteiger partial charge in [-0.15, -0.1) is 11.3 Å². The number of carbonyl (C=O) groups excluding carboxylic acids is 1. The summed E-state index contributed by atoms with van der Waals surface area (Å²) in [4.78, 5) is 12.4. The third kappa shape index (κ3) is 1.71. The van der Waals surface area contributed by atoms with Crippen LogP contribution in [0, 0.1) is 5.92 Å². The van der Waals surface area contributed by atoms with E-state index in [1.54, 1.807) is 0 Å². The van der Waals surface area contributed by atoms with Crippen molar-refractivity contribution in [3.63, 3.8) is 0 Å². The molecule has 0 aliphatic carbocycles. The van der Waals surface area contributed by atoms with E-state index in [4.69, 9.17) is 11.6 Å². The van der Waals surface area contributed by atoms with E-state index in [9.17, 15) is 4.79 Å². The molecule has 1 aliphatic heterocycles. The summed E-state index contributed by atoms with van der Waals surface area (Å²) in [6.07, 6.45) is 0.885. The van der Waals surface area contributed by atoms with E-state index in [2.05, 4.69) is 5.32 Å². The number of amides is 1. The van der Waals surface area contributed by atoms with Crippen molar-refractivity contribution in [2.75, 3.05) is 0 Å². The fourth-order valence-corrected chi connectivity index (χ4v) is 2.66. The normalized spacial score (nSPS) is 27.7. The van der Waals surface area contributed by atoms with Crippen LogP contribution in [-0.2, 0) is 4.79 Å². The zero-order chi connectivity index (χ0) is 9.42. The molecule has 1 amide bonds. The second kappa shape index (κ2) is 3.31. The molecule has 2 atom stereocenters. The lowest BCUT2D eigenvalue weighted by molar-refractivity contribution is -0.122. The van der Waals surface area contributed by atoms with Crippen molar-refractivity contribution in [3.8, 4) is 0 Å². The average molecular weight is 216 g/mol. The zero-order valence-corrected chi connectivity index (χ0v) is 8.78. The molecular formula is C9H10ClNOS. The van der Waals surface area contributed by atoms with Gasteiger partial charge in [-0.1, -0.05) is 18.5 Å². The monoisotopic (exact) mass is 215 g/mol. The average Bonchev–Trinajstić information content (AvgIpc) is 2.61. The molecule has 0 aromatic carbocycles. The second-order valence-electron chi connectivity index (χ2n) is 3.34. The maximum atomic E-state index is 11.2. The van der Waals surface area contributed by atoms with Gasteiger partial charge in [-0.25, -0.2) is 0 Å². The molecule has 0 spiro atoms. The van der Waals surface area contributed by atoms with Crippen molar-refractivity contribution >= 4 is 28.8 Å². The quantitative estimate of drug-likeness (QED) is 0.767. The number of nitrogens with one attached hydrogen (secondary N) is 1. The fourth-order valence-electron chi connectivity index (χ4n) is 1.54. The van der Waals surface area contributed by atoms with E-state index in [-0.39, 0.29) is 17.9 Å². The minimum Gasteiger partial charge on any atom is -0.348 e. The number of carbonyl (C=O) groups is 1. The second-order valence-corrected chi connectivity index (χ2v) is 5.09. The van der Waals surface area contributed by atoms with Gasteiger partial charge < -0.3 is 5.32 Å². The molecule has 0 bridgehead atoms. The fraction of sp³-hybridized carbons (Fsp3) is 0.444. The Hall–Kier alpha value is -0.540. The Morgan fingerprint density at radius 1 is 1.62 bits per heavy atom. The molecule has 1 unspecified atom stereocenters. The molecule has 13 heavy (non-hydrogen) atoms. The van der Waals surface area contributed by atoms with E-state index < -0.39 is 0 Å². The van der Waals surface area contributed by atoms with Crippen LogP contribution in [0.3, 0.4) is 0 Å². The highest BCUT2D eigenvalue weighted by Gasteiger charge is 2.29. The smallest absolute Gasteiger partial charge is 0.223 e. The van der Waals surface area contributed by atoms with Gasteiger partial charge in [0.05, 0.1) is 10.4 Å². The Morgan fingerprint density at radius 2 is 2.38 bits per heavy atom. The number of thiophene rings is 1. The van der Waals surface area contributed by atoms with Crippen molar-refractivity contribution in [3.05, 3.63) is 21.3 Å². The van der Waals surface area contributed by atoms with Crippen LogP contribution < -0.4 is 5.32 Å². The van der Waals surface area contributed by atoms with Gasteiger partial charge in [0, 0.05) is 10.8 Å². The van der Waals surface area contributed by atoms with Crippen LogP contribution >= 0.6 is 22.9 Å². The lowest BCUT2D eigenvalue weighted by Crippen LogP contribution is -2.19. The molecule has 2 heterocycles. The summed E-state index contributed by atoms with van der Waals surface area (Å²) in [7, 11) is 0. The molecular weight excluding hydrogens is 206 g/mol. The van der Waals surface area contributed by atoms with Gasteiger partial charge in [0.15, 0.2) is 0 Å². The van der Waals surface area contributed by atoms with Gasteiger partial charge in [-0.2, -0.15) is 0 Å². The molecule has 2 rings (SSSR count). The van der Waals surface area contributed by atoms with Crippen LogP contribution in [-0.4, -0.2) is 5.91 Å². The van der Waals surface area contributed by atoms with E-state index >= 15 is 0 Å².